The van der Waals surface area contributed by atoms with Crippen LogP contribution in [0.4, 0.5) is 0 Å². The first kappa shape index (κ1) is 8.55. The molecule has 13 heavy (non-hydrogen) atoms. The van der Waals surface area contributed by atoms with Crippen LogP contribution < -0.4 is 0 Å². The Bertz CT molecular complexity index is 323. The Morgan fingerprint density at radius 2 is 2.23 bits per heavy atom. The van der Waals surface area contributed by atoms with Crippen molar-refractivity contribution in [2.75, 3.05) is 0 Å². The van der Waals surface area contributed by atoms with Gasteiger partial charge in [0.15, 0.2) is 0 Å². The van der Waals surface area contributed by atoms with Gasteiger partial charge in [0.05, 0.1) is 0 Å². The number of allylic oxidation sites excluding steroid dienone is 1. The molecule has 0 aliphatic heterocycles. The van der Waals surface area contributed by atoms with Crippen LogP contribution in [0.25, 0.3) is 0 Å². The lowest BCUT2D eigenvalue weighted by Gasteiger charge is -2.12. The Morgan fingerprint density at radius 3 is 3.00 bits per heavy atom. The second-order valence-electron chi connectivity index (χ2n) is 3.80. The fourth-order valence-corrected chi connectivity index (χ4v) is 2.23. The van der Waals surface area contributed by atoms with E-state index in [-0.39, 0.29) is 0 Å². The fourth-order valence-electron chi connectivity index (χ4n) is 2.23. The normalized spacial score (nSPS) is 19.9. The molecule has 0 saturated carbocycles. The molecule has 0 radical (unpaired) electrons. The lowest BCUT2D eigenvalue weighted by Crippen LogP contribution is -1.95. The first-order chi connectivity index (χ1) is 6.33. The molecule has 1 aliphatic rings. The number of fused-ring (bicyclic) bond motifs is 1. The van der Waals surface area contributed by atoms with Crippen molar-refractivity contribution in [2.45, 2.75) is 32.1 Å². The highest BCUT2D eigenvalue weighted by molar-refractivity contribution is 5.39. The summed E-state index contributed by atoms with van der Waals surface area (Å²) < 4.78 is 0. The maximum absolute atomic E-state index is 4.15. The summed E-state index contributed by atoms with van der Waals surface area (Å²) in [6.07, 6.45) is 3.62. The molecule has 0 heteroatoms. The van der Waals surface area contributed by atoms with Crippen molar-refractivity contribution in [1.82, 2.24) is 0 Å². The summed E-state index contributed by atoms with van der Waals surface area (Å²) in [5.41, 5.74) is 4.45. The van der Waals surface area contributed by atoms with Crippen LogP contribution in [0, 0.1) is 0 Å². The van der Waals surface area contributed by atoms with Gasteiger partial charge in [-0.3, -0.25) is 0 Å². The van der Waals surface area contributed by atoms with Gasteiger partial charge in [0.1, 0.15) is 0 Å². The second-order valence-corrected chi connectivity index (χ2v) is 3.80. The molecule has 1 aromatic rings. The van der Waals surface area contributed by atoms with Gasteiger partial charge >= 0.3 is 0 Å². The van der Waals surface area contributed by atoms with E-state index in [9.17, 15) is 0 Å². The minimum atomic E-state index is 0.640. The number of hydrogen-bond donors (Lipinski definition) is 0. The van der Waals surface area contributed by atoms with Crippen molar-refractivity contribution in [2.24, 2.45) is 0 Å². The van der Waals surface area contributed by atoms with Crippen molar-refractivity contribution < 1.29 is 0 Å². The quantitative estimate of drug-likeness (QED) is 0.597. The van der Waals surface area contributed by atoms with Crippen molar-refractivity contribution >= 4 is 0 Å². The highest BCUT2D eigenvalue weighted by atomic mass is 14.3. The Morgan fingerprint density at radius 1 is 1.46 bits per heavy atom. The van der Waals surface area contributed by atoms with Gasteiger partial charge in [-0.2, -0.15) is 0 Å². The van der Waals surface area contributed by atoms with E-state index in [1.807, 2.05) is 0 Å². The van der Waals surface area contributed by atoms with Gasteiger partial charge in [0.25, 0.3) is 0 Å². The van der Waals surface area contributed by atoms with Crippen LogP contribution in [0.2, 0.25) is 0 Å². The zero-order valence-electron chi connectivity index (χ0n) is 8.22. The van der Waals surface area contributed by atoms with E-state index in [4.69, 9.17) is 0 Å². The molecule has 2 rings (SSSR count). The average Bonchev–Trinajstić information content (AvgIpc) is 2.60. The molecule has 0 nitrogen and oxygen atoms in total. The van der Waals surface area contributed by atoms with Crippen LogP contribution in [0.15, 0.2) is 36.4 Å². The third-order valence-electron chi connectivity index (χ3n) is 3.08. The molecule has 0 heterocycles. The van der Waals surface area contributed by atoms with Gasteiger partial charge in [-0.15, -0.1) is 0 Å². The van der Waals surface area contributed by atoms with E-state index >= 15 is 0 Å². The Kier molecular flexibility index (Phi) is 2.22. The van der Waals surface area contributed by atoms with E-state index in [1.54, 1.807) is 0 Å². The van der Waals surface area contributed by atoms with Gasteiger partial charge < -0.3 is 0 Å². The molecule has 0 spiro atoms. The lowest BCUT2D eigenvalue weighted by molar-refractivity contribution is 0.746. The highest BCUT2D eigenvalue weighted by Crippen LogP contribution is 2.38. The smallest absolute Gasteiger partial charge is 0.00512 e. The largest absolute Gasteiger partial charge is 0.0993 e. The minimum absolute atomic E-state index is 0.640. The topological polar surface area (TPSA) is 0 Å². The second kappa shape index (κ2) is 3.37. The summed E-state index contributed by atoms with van der Waals surface area (Å²) in [7, 11) is 0. The van der Waals surface area contributed by atoms with Gasteiger partial charge in [-0.25, -0.2) is 0 Å². The van der Waals surface area contributed by atoms with Gasteiger partial charge in [0.2, 0.25) is 0 Å². The van der Waals surface area contributed by atoms with E-state index in [2.05, 4.69) is 37.8 Å². The van der Waals surface area contributed by atoms with Crippen molar-refractivity contribution in [3.8, 4) is 0 Å². The molecule has 0 saturated heterocycles. The van der Waals surface area contributed by atoms with E-state index in [1.165, 1.54) is 29.5 Å². The average molecular weight is 172 g/mol. The first-order valence-electron chi connectivity index (χ1n) is 5.08. The maximum atomic E-state index is 4.15. The van der Waals surface area contributed by atoms with Crippen LogP contribution in [0.5, 0.6) is 0 Å². The standard InChI is InChI=1S/C13H16/c1-3-10(2)12-9-8-11-6-4-5-7-13(11)12/h4-7,12H,2-3,8-9H2,1H3. The predicted octanol–water partition coefficient (Wildman–Crippen LogP) is 3.68. The zero-order chi connectivity index (χ0) is 9.26. The Hall–Kier alpha value is -1.04. The van der Waals surface area contributed by atoms with Crippen LogP contribution in [-0.2, 0) is 6.42 Å². The summed E-state index contributed by atoms with van der Waals surface area (Å²) in [5, 5.41) is 0. The molecule has 1 atom stereocenters. The van der Waals surface area contributed by atoms with Crippen LogP contribution in [0.3, 0.4) is 0 Å². The number of benzene rings is 1. The first-order valence-corrected chi connectivity index (χ1v) is 5.08. The van der Waals surface area contributed by atoms with Gasteiger partial charge in [0, 0.05) is 5.92 Å². The minimum Gasteiger partial charge on any atom is -0.0993 e. The summed E-state index contributed by atoms with van der Waals surface area (Å²) in [6.45, 7) is 6.35. The summed E-state index contributed by atoms with van der Waals surface area (Å²) in [5.74, 6) is 0.640. The molecular formula is C13H16. The van der Waals surface area contributed by atoms with Crippen molar-refractivity contribution in [3.05, 3.63) is 47.5 Å². The molecule has 0 N–H and O–H groups in total. The van der Waals surface area contributed by atoms with Gasteiger partial charge in [-0.1, -0.05) is 43.3 Å². The third-order valence-corrected chi connectivity index (χ3v) is 3.08. The SMILES string of the molecule is C=C(CC)C1CCc2ccccc21. The predicted molar refractivity (Wildman–Crippen MR) is 56.9 cm³/mol. The van der Waals surface area contributed by atoms with E-state index < -0.39 is 0 Å². The van der Waals surface area contributed by atoms with E-state index in [0.717, 1.165) is 6.42 Å². The number of aryl methyl sites for hydroxylation is 1. The van der Waals surface area contributed by atoms with Crippen molar-refractivity contribution in [1.29, 1.82) is 0 Å². The maximum Gasteiger partial charge on any atom is 0.00512 e. The summed E-state index contributed by atoms with van der Waals surface area (Å²) in [6, 6.07) is 8.78. The van der Waals surface area contributed by atoms with Gasteiger partial charge in [-0.05, 0) is 30.4 Å². The van der Waals surface area contributed by atoms with Crippen LogP contribution in [0.1, 0.15) is 36.8 Å². The highest BCUT2D eigenvalue weighted by Gasteiger charge is 2.22. The summed E-state index contributed by atoms with van der Waals surface area (Å²) in [4.78, 5) is 0. The molecule has 68 valence electrons. The Labute approximate surface area is 80.3 Å². The summed E-state index contributed by atoms with van der Waals surface area (Å²) >= 11 is 0. The number of hydrogen-bond acceptors (Lipinski definition) is 0. The van der Waals surface area contributed by atoms with E-state index in [0.29, 0.717) is 5.92 Å². The monoisotopic (exact) mass is 172 g/mol. The fraction of sp³-hybridized carbons (Fsp3) is 0.385. The number of rotatable bonds is 2. The Balaban J connectivity index is 2.33. The molecule has 1 unspecified atom stereocenters. The molecule has 0 aromatic heterocycles. The van der Waals surface area contributed by atoms with Crippen molar-refractivity contribution in [3.63, 3.8) is 0 Å². The molecule has 0 bridgehead atoms. The molecule has 0 fully saturated rings. The van der Waals surface area contributed by atoms with Crippen LogP contribution >= 0.6 is 0 Å². The molecular weight excluding hydrogens is 156 g/mol. The zero-order valence-corrected chi connectivity index (χ0v) is 8.22. The molecule has 0 amide bonds. The third kappa shape index (κ3) is 1.41. The lowest BCUT2D eigenvalue weighted by atomic mass is 9.92. The van der Waals surface area contributed by atoms with Crippen LogP contribution in [-0.4, -0.2) is 0 Å². The molecule has 1 aromatic carbocycles. The molecule has 1 aliphatic carbocycles.